The SMILES string of the molecule is O=C1CC=CCC23C=CC(CC2=O)CC13. The molecule has 0 aromatic rings. The van der Waals surface area contributed by atoms with Gasteiger partial charge in [-0.1, -0.05) is 24.3 Å². The molecule has 0 aromatic carbocycles. The van der Waals surface area contributed by atoms with Gasteiger partial charge in [-0.05, 0) is 18.8 Å². The van der Waals surface area contributed by atoms with Crippen molar-refractivity contribution in [2.75, 3.05) is 0 Å². The second-order valence-corrected chi connectivity index (χ2v) is 4.92. The van der Waals surface area contributed by atoms with Crippen molar-refractivity contribution >= 4 is 11.6 Å². The number of hydrogen-bond donors (Lipinski definition) is 0. The van der Waals surface area contributed by atoms with E-state index in [0.717, 1.165) is 12.8 Å². The minimum absolute atomic E-state index is 0.0382. The molecule has 3 unspecified atom stereocenters. The summed E-state index contributed by atoms with van der Waals surface area (Å²) >= 11 is 0. The number of rotatable bonds is 0. The van der Waals surface area contributed by atoms with Gasteiger partial charge in [-0.3, -0.25) is 9.59 Å². The maximum atomic E-state index is 12.1. The first-order valence-corrected chi connectivity index (χ1v) is 5.63. The van der Waals surface area contributed by atoms with Crippen molar-refractivity contribution in [1.29, 1.82) is 0 Å². The van der Waals surface area contributed by atoms with Crippen LogP contribution in [0.3, 0.4) is 0 Å². The molecule has 2 bridgehead atoms. The van der Waals surface area contributed by atoms with Gasteiger partial charge in [0.1, 0.15) is 11.6 Å². The van der Waals surface area contributed by atoms with Gasteiger partial charge < -0.3 is 0 Å². The van der Waals surface area contributed by atoms with E-state index in [1.165, 1.54) is 0 Å². The van der Waals surface area contributed by atoms with Gasteiger partial charge in [0.2, 0.25) is 0 Å². The van der Waals surface area contributed by atoms with Crippen LogP contribution in [0, 0.1) is 17.3 Å². The van der Waals surface area contributed by atoms with Crippen molar-refractivity contribution in [3.05, 3.63) is 24.3 Å². The number of fused-ring (bicyclic) bond motifs is 1. The van der Waals surface area contributed by atoms with Crippen LogP contribution in [-0.2, 0) is 9.59 Å². The highest BCUT2D eigenvalue weighted by Gasteiger charge is 2.52. The van der Waals surface area contributed by atoms with Crippen molar-refractivity contribution in [2.45, 2.75) is 25.7 Å². The summed E-state index contributed by atoms with van der Waals surface area (Å²) in [4.78, 5) is 24.0. The Morgan fingerprint density at radius 1 is 1.27 bits per heavy atom. The van der Waals surface area contributed by atoms with Crippen molar-refractivity contribution in [2.24, 2.45) is 17.3 Å². The lowest BCUT2D eigenvalue weighted by molar-refractivity contribution is -0.141. The number of Topliss-reactive ketones (excluding diaryl/α,β-unsaturated/α-hetero) is 2. The maximum absolute atomic E-state index is 12.1. The second-order valence-electron chi connectivity index (χ2n) is 4.92. The highest BCUT2D eigenvalue weighted by molar-refractivity contribution is 5.97. The summed E-state index contributed by atoms with van der Waals surface area (Å²) in [5, 5.41) is 0. The lowest BCUT2D eigenvalue weighted by Crippen LogP contribution is -2.48. The monoisotopic (exact) mass is 202 g/mol. The number of ketones is 2. The molecule has 0 heterocycles. The van der Waals surface area contributed by atoms with Crippen molar-refractivity contribution < 1.29 is 9.59 Å². The third-order valence-corrected chi connectivity index (χ3v) is 4.12. The Morgan fingerprint density at radius 3 is 2.93 bits per heavy atom. The molecule has 0 aliphatic heterocycles. The molecule has 1 fully saturated rings. The average molecular weight is 202 g/mol. The highest BCUT2D eigenvalue weighted by atomic mass is 16.1. The molecule has 4 rings (SSSR count). The Labute approximate surface area is 89.0 Å². The van der Waals surface area contributed by atoms with Crippen LogP contribution in [0.5, 0.6) is 0 Å². The van der Waals surface area contributed by atoms with E-state index in [2.05, 4.69) is 6.08 Å². The summed E-state index contributed by atoms with van der Waals surface area (Å²) < 4.78 is 0. The molecule has 0 radical (unpaired) electrons. The standard InChI is InChI=1S/C13H14O2/c14-11-3-1-2-5-13-6-4-9(7-10(11)13)8-12(13)15/h1-2,4,6,9-10H,3,5,7-8H2. The zero-order valence-corrected chi connectivity index (χ0v) is 8.61. The Hall–Kier alpha value is -1.18. The number of hydrogen-bond acceptors (Lipinski definition) is 2. The van der Waals surface area contributed by atoms with Gasteiger partial charge in [-0.2, -0.15) is 0 Å². The Balaban J connectivity index is 2.12. The Kier molecular flexibility index (Phi) is 1.76. The molecule has 2 nitrogen and oxygen atoms in total. The van der Waals surface area contributed by atoms with Gasteiger partial charge in [0.15, 0.2) is 0 Å². The molecule has 0 saturated heterocycles. The molecule has 3 atom stereocenters. The lowest BCUT2D eigenvalue weighted by atomic mass is 9.56. The van der Waals surface area contributed by atoms with Crippen LogP contribution in [0.4, 0.5) is 0 Å². The summed E-state index contributed by atoms with van der Waals surface area (Å²) in [5.41, 5.74) is -0.459. The van der Waals surface area contributed by atoms with Crippen LogP contribution in [0.1, 0.15) is 25.7 Å². The fourth-order valence-corrected chi connectivity index (χ4v) is 3.25. The molecule has 0 N–H and O–H groups in total. The van der Waals surface area contributed by atoms with E-state index in [4.69, 9.17) is 0 Å². The molecule has 4 aliphatic carbocycles. The Bertz CT molecular complexity index is 391. The van der Waals surface area contributed by atoms with Crippen LogP contribution < -0.4 is 0 Å². The van der Waals surface area contributed by atoms with E-state index < -0.39 is 5.41 Å². The van der Waals surface area contributed by atoms with E-state index in [1.54, 1.807) is 0 Å². The predicted molar refractivity (Wildman–Crippen MR) is 56.2 cm³/mol. The first-order valence-electron chi connectivity index (χ1n) is 5.63. The summed E-state index contributed by atoms with van der Waals surface area (Å²) in [6, 6.07) is 0. The van der Waals surface area contributed by atoms with Crippen LogP contribution in [-0.4, -0.2) is 11.6 Å². The minimum atomic E-state index is -0.459. The third kappa shape index (κ3) is 1.11. The van der Waals surface area contributed by atoms with Gasteiger partial charge in [0, 0.05) is 18.8 Å². The van der Waals surface area contributed by atoms with E-state index in [1.807, 2.05) is 18.2 Å². The molecule has 78 valence electrons. The average Bonchev–Trinajstić information content (AvgIpc) is 2.40. The van der Waals surface area contributed by atoms with Gasteiger partial charge in [0.05, 0.1) is 5.41 Å². The molecule has 0 aromatic heterocycles. The predicted octanol–water partition coefficient (Wildman–Crippen LogP) is 2.06. The molecule has 0 amide bonds. The van der Waals surface area contributed by atoms with Gasteiger partial charge in [0.25, 0.3) is 0 Å². The van der Waals surface area contributed by atoms with Gasteiger partial charge in [-0.25, -0.2) is 0 Å². The number of carbonyl (C=O) groups excluding carboxylic acids is 2. The summed E-state index contributed by atoms with van der Waals surface area (Å²) in [7, 11) is 0. The smallest absolute Gasteiger partial charge is 0.144 e. The summed E-state index contributed by atoms with van der Waals surface area (Å²) in [5.74, 6) is 0.826. The number of carbonyl (C=O) groups is 2. The fraction of sp³-hybridized carbons (Fsp3) is 0.538. The largest absolute Gasteiger partial charge is 0.299 e. The molecule has 2 heteroatoms. The fourth-order valence-electron chi connectivity index (χ4n) is 3.25. The minimum Gasteiger partial charge on any atom is -0.299 e. The van der Waals surface area contributed by atoms with Gasteiger partial charge in [-0.15, -0.1) is 0 Å². The zero-order valence-electron chi connectivity index (χ0n) is 8.61. The number of allylic oxidation sites excluding steroid dienone is 4. The first-order chi connectivity index (χ1) is 7.22. The third-order valence-electron chi connectivity index (χ3n) is 4.12. The van der Waals surface area contributed by atoms with Crippen molar-refractivity contribution in [3.8, 4) is 0 Å². The van der Waals surface area contributed by atoms with E-state index in [9.17, 15) is 9.59 Å². The molecular formula is C13H14O2. The topological polar surface area (TPSA) is 34.1 Å². The van der Waals surface area contributed by atoms with Crippen LogP contribution in [0.2, 0.25) is 0 Å². The molecule has 1 spiro atoms. The van der Waals surface area contributed by atoms with E-state index >= 15 is 0 Å². The van der Waals surface area contributed by atoms with E-state index in [-0.39, 0.29) is 17.5 Å². The van der Waals surface area contributed by atoms with Crippen molar-refractivity contribution in [1.82, 2.24) is 0 Å². The Morgan fingerprint density at radius 2 is 2.13 bits per heavy atom. The summed E-state index contributed by atoms with van der Waals surface area (Å²) in [6.45, 7) is 0. The highest BCUT2D eigenvalue weighted by Crippen LogP contribution is 2.51. The first kappa shape index (κ1) is 9.08. The maximum Gasteiger partial charge on any atom is 0.144 e. The van der Waals surface area contributed by atoms with E-state index in [0.29, 0.717) is 18.8 Å². The van der Waals surface area contributed by atoms with Crippen LogP contribution >= 0.6 is 0 Å². The quantitative estimate of drug-likeness (QED) is 0.563. The molecule has 15 heavy (non-hydrogen) atoms. The van der Waals surface area contributed by atoms with Crippen LogP contribution in [0.15, 0.2) is 24.3 Å². The zero-order chi connectivity index (χ0) is 10.5. The molecular weight excluding hydrogens is 188 g/mol. The van der Waals surface area contributed by atoms with Gasteiger partial charge >= 0.3 is 0 Å². The second kappa shape index (κ2) is 2.91. The summed E-state index contributed by atoms with van der Waals surface area (Å²) in [6.07, 6.45) is 10.9. The molecule has 1 saturated carbocycles. The lowest BCUT2D eigenvalue weighted by Gasteiger charge is -2.45. The molecule has 4 aliphatic rings. The van der Waals surface area contributed by atoms with Crippen molar-refractivity contribution in [3.63, 3.8) is 0 Å². The normalized spacial score (nSPS) is 42.9. The van der Waals surface area contributed by atoms with Crippen LogP contribution in [0.25, 0.3) is 0 Å².